The van der Waals surface area contributed by atoms with Crippen LogP contribution in [-0.2, 0) is 13.2 Å². The van der Waals surface area contributed by atoms with E-state index in [1.54, 1.807) is 18.3 Å². The molecule has 4 rings (SSSR count). The predicted octanol–water partition coefficient (Wildman–Crippen LogP) is 3.92. The van der Waals surface area contributed by atoms with Crippen LogP contribution in [0.15, 0.2) is 59.1 Å². The minimum atomic E-state index is -0.324. The van der Waals surface area contributed by atoms with E-state index >= 15 is 0 Å². The topological polar surface area (TPSA) is 67.6 Å². The zero-order chi connectivity index (χ0) is 20.1. The first-order chi connectivity index (χ1) is 14.2. The largest absolute Gasteiger partial charge is 0.486 e. The van der Waals surface area contributed by atoms with E-state index in [4.69, 9.17) is 9.15 Å². The molecule has 1 amide bonds. The summed E-state index contributed by atoms with van der Waals surface area (Å²) in [4.78, 5) is 19.1. The number of nitrogens with zero attached hydrogens (tertiary/aromatic N) is 2. The number of nitrogens with one attached hydrogen (secondary N) is 1. The fourth-order valence-electron chi connectivity index (χ4n) is 3.19. The highest BCUT2D eigenvalue weighted by molar-refractivity contribution is 5.91. The van der Waals surface area contributed by atoms with E-state index in [1.165, 1.54) is 37.1 Å². The molecule has 3 aromatic rings. The van der Waals surface area contributed by atoms with Crippen LogP contribution in [0.1, 0.15) is 34.7 Å². The van der Waals surface area contributed by atoms with E-state index < -0.39 is 0 Å². The molecule has 1 fully saturated rings. The third kappa shape index (κ3) is 4.93. The minimum Gasteiger partial charge on any atom is -0.486 e. The summed E-state index contributed by atoms with van der Waals surface area (Å²) in [6, 6.07) is 13.0. The molecule has 150 valence electrons. The lowest BCUT2D eigenvalue weighted by Gasteiger charge is -2.16. The van der Waals surface area contributed by atoms with Crippen LogP contribution < -0.4 is 15.0 Å². The number of carbonyl (C=O) groups excluding carboxylic acids is 1. The van der Waals surface area contributed by atoms with Gasteiger partial charge in [-0.3, -0.25) is 4.79 Å². The number of hydrogen-bond acceptors (Lipinski definition) is 5. The Kier molecular flexibility index (Phi) is 5.74. The Morgan fingerprint density at radius 3 is 2.62 bits per heavy atom. The summed E-state index contributed by atoms with van der Waals surface area (Å²) in [5.74, 6) is 1.60. The molecule has 3 heterocycles. The molecule has 0 radical (unpaired) electrons. The molecule has 29 heavy (non-hydrogen) atoms. The number of hydrogen-bond donors (Lipinski definition) is 1. The monoisotopic (exact) mass is 395 g/mol. The van der Waals surface area contributed by atoms with Crippen molar-refractivity contribution in [1.82, 2.24) is 10.3 Å². The Morgan fingerprint density at radius 1 is 1.10 bits per heavy atom. The van der Waals surface area contributed by atoms with Crippen LogP contribution in [0, 0.1) is 5.82 Å². The molecule has 0 aliphatic carbocycles. The molecule has 1 saturated heterocycles. The van der Waals surface area contributed by atoms with Gasteiger partial charge in [-0.15, -0.1) is 0 Å². The van der Waals surface area contributed by atoms with Gasteiger partial charge < -0.3 is 19.4 Å². The van der Waals surface area contributed by atoms with E-state index in [1.807, 2.05) is 12.1 Å². The molecule has 0 atom stereocenters. The average molecular weight is 395 g/mol. The number of carbonyl (C=O) groups is 1. The van der Waals surface area contributed by atoms with Gasteiger partial charge in [-0.1, -0.05) is 6.07 Å². The van der Waals surface area contributed by atoms with Crippen LogP contribution in [0.2, 0.25) is 0 Å². The van der Waals surface area contributed by atoms with Gasteiger partial charge in [0.25, 0.3) is 5.91 Å². The Balaban J connectivity index is 1.27. The third-order valence-corrected chi connectivity index (χ3v) is 4.77. The van der Waals surface area contributed by atoms with Crippen LogP contribution >= 0.6 is 0 Å². The normalized spacial score (nSPS) is 13.5. The zero-order valence-electron chi connectivity index (χ0n) is 15.9. The molecule has 7 heteroatoms. The fraction of sp³-hybridized carbons (Fsp3) is 0.273. The summed E-state index contributed by atoms with van der Waals surface area (Å²) in [5, 5.41) is 2.83. The van der Waals surface area contributed by atoms with Crippen molar-refractivity contribution in [1.29, 1.82) is 0 Å². The first kappa shape index (κ1) is 19.0. The van der Waals surface area contributed by atoms with Crippen LogP contribution in [0.25, 0.3) is 0 Å². The van der Waals surface area contributed by atoms with E-state index in [0.29, 0.717) is 18.1 Å². The minimum absolute atomic E-state index is 0.154. The number of anilines is 1. The number of ether oxygens (including phenoxy) is 1. The number of furan rings is 1. The van der Waals surface area contributed by atoms with Crippen LogP contribution in [0.4, 0.5) is 10.2 Å². The Labute approximate surface area is 168 Å². The van der Waals surface area contributed by atoms with Gasteiger partial charge in [-0.25, -0.2) is 9.37 Å². The fourth-order valence-corrected chi connectivity index (χ4v) is 3.19. The van der Waals surface area contributed by atoms with E-state index in [-0.39, 0.29) is 24.1 Å². The molecule has 0 bridgehead atoms. The molecule has 6 nitrogen and oxygen atoms in total. The molecular weight excluding hydrogens is 373 g/mol. The number of halogens is 1. The number of rotatable bonds is 7. The summed E-state index contributed by atoms with van der Waals surface area (Å²) >= 11 is 0. The Morgan fingerprint density at radius 2 is 1.90 bits per heavy atom. The first-order valence-corrected chi connectivity index (χ1v) is 9.62. The van der Waals surface area contributed by atoms with Crippen molar-refractivity contribution in [3.63, 3.8) is 0 Å². The number of aromatic nitrogens is 1. The second kappa shape index (κ2) is 8.77. The van der Waals surface area contributed by atoms with Gasteiger partial charge >= 0.3 is 0 Å². The lowest BCUT2D eigenvalue weighted by Crippen LogP contribution is -2.23. The maximum Gasteiger partial charge on any atom is 0.287 e. The third-order valence-electron chi connectivity index (χ3n) is 4.77. The van der Waals surface area contributed by atoms with Gasteiger partial charge in [0.15, 0.2) is 5.76 Å². The van der Waals surface area contributed by atoms with Crippen molar-refractivity contribution in [2.24, 2.45) is 0 Å². The molecule has 0 saturated carbocycles. The van der Waals surface area contributed by atoms with Crippen molar-refractivity contribution in [2.75, 3.05) is 18.0 Å². The number of pyridine rings is 1. The molecule has 1 aromatic carbocycles. The van der Waals surface area contributed by atoms with Crippen molar-refractivity contribution >= 4 is 11.7 Å². The maximum atomic E-state index is 12.9. The summed E-state index contributed by atoms with van der Waals surface area (Å²) in [5.41, 5.74) is 0.924. The van der Waals surface area contributed by atoms with E-state index in [0.717, 1.165) is 24.5 Å². The predicted molar refractivity (Wildman–Crippen MR) is 106 cm³/mol. The van der Waals surface area contributed by atoms with E-state index in [9.17, 15) is 9.18 Å². The average Bonchev–Trinajstić information content (AvgIpc) is 3.44. The molecule has 1 aliphatic heterocycles. The van der Waals surface area contributed by atoms with Crippen LogP contribution in [0.3, 0.4) is 0 Å². The SMILES string of the molecule is O=C(NCc1ccc(N2CCCC2)nc1)c1ccc(COc2ccc(F)cc2)o1. The zero-order valence-corrected chi connectivity index (χ0v) is 15.9. The van der Waals surface area contributed by atoms with Gasteiger partial charge in [0.2, 0.25) is 0 Å². The van der Waals surface area contributed by atoms with Crippen molar-refractivity contribution in [3.05, 3.63) is 77.6 Å². The smallest absolute Gasteiger partial charge is 0.287 e. The second-order valence-corrected chi connectivity index (χ2v) is 6.91. The molecule has 1 N–H and O–H groups in total. The summed E-state index contributed by atoms with van der Waals surface area (Å²) < 4.78 is 24.0. The molecular formula is C22H22FN3O3. The Hall–Kier alpha value is -3.35. The second-order valence-electron chi connectivity index (χ2n) is 6.91. The Bertz CT molecular complexity index is 948. The quantitative estimate of drug-likeness (QED) is 0.657. The van der Waals surface area contributed by atoms with Gasteiger partial charge in [-0.05, 0) is 60.9 Å². The van der Waals surface area contributed by atoms with Crippen LogP contribution in [0.5, 0.6) is 5.75 Å². The lowest BCUT2D eigenvalue weighted by atomic mass is 10.2. The first-order valence-electron chi connectivity index (χ1n) is 9.62. The standard InChI is InChI=1S/C22H22FN3O3/c23-17-4-6-18(7-5-17)28-15-19-8-9-20(29-19)22(27)25-14-16-3-10-21(24-13-16)26-11-1-2-12-26/h3-10,13H,1-2,11-12,14-15H2,(H,25,27). The summed E-state index contributed by atoms with van der Waals surface area (Å²) in [6.45, 7) is 2.62. The molecule has 1 aliphatic rings. The number of benzene rings is 1. The van der Waals surface area contributed by atoms with Gasteiger partial charge in [0, 0.05) is 25.8 Å². The highest BCUT2D eigenvalue weighted by Crippen LogP contribution is 2.18. The van der Waals surface area contributed by atoms with Crippen molar-refractivity contribution in [3.8, 4) is 5.75 Å². The summed E-state index contributed by atoms with van der Waals surface area (Å²) in [7, 11) is 0. The van der Waals surface area contributed by atoms with Crippen LogP contribution in [-0.4, -0.2) is 24.0 Å². The molecule has 0 unspecified atom stereocenters. The lowest BCUT2D eigenvalue weighted by molar-refractivity contribution is 0.0919. The molecule has 2 aromatic heterocycles. The van der Waals surface area contributed by atoms with Gasteiger partial charge in [0.05, 0.1) is 0 Å². The summed E-state index contributed by atoms with van der Waals surface area (Å²) in [6.07, 6.45) is 4.21. The van der Waals surface area contributed by atoms with Crippen molar-refractivity contribution < 1.29 is 18.3 Å². The highest BCUT2D eigenvalue weighted by atomic mass is 19.1. The van der Waals surface area contributed by atoms with Crippen molar-refractivity contribution in [2.45, 2.75) is 26.0 Å². The van der Waals surface area contributed by atoms with E-state index in [2.05, 4.69) is 15.2 Å². The van der Waals surface area contributed by atoms with Gasteiger partial charge in [0.1, 0.15) is 29.8 Å². The van der Waals surface area contributed by atoms with Gasteiger partial charge in [-0.2, -0.15) is 0 Å². The highest BCUT2D eigenvalue weighted by Gasteiger charge is 2.14. The molecule has 0 spiro atoms. The maximum absolute atomic E-state index is 12.9. The number of amides is 1.